The molecule has 0 saturated heterocycles. The molecule has 0 amide bonds. The van der Waals surface area contributed by atoms with Crippen molar-refractivity contribution in [3.8, 4) is 5.75 Å². The number of hydrogen-bond donors (Lipinski definition) is 1. The zero-order valence-corrected chi connectivity index (χ0v) is 16.8. The van der Waals surface area contributed by atoms with E-state index < -0.39 is 0 Å². The summed E-state index contributed by atoms with van der Waals surface area (Å²) in [6, 6.07) is 6.47. The lowest BCUT2D eigenvalue weighted by Crippen LogP contribution is -2.52. The van der Waals surface area contributed by atoms with Crippen LogP contribution in [-0.2, 0) is 4.74 Å². The van der Waals surface area contributed by atoms with E-state index in [0.29, 0.717) is 31.0 Å². The Labute approximate surface area is 160 Å². The minimum absolute atomic E-state index is 0. The lowest BCUT2D eigenvalue weighted by Gasteiger charge is -2.37. The van der Waals surface area contributed by atoms with Gasteiger partial charge in [-0.1, -0.05) is 0 Å². The van der Waals surface area contributed by atoms with Crippen LogP contribution in [-0.4, -0.2) is 56.9 Å². The number of ether oxygens (including phenoxy) is 2. The maximum absolute atomic E-state index is 12.8. The Morgan fingerprint density at radius 1 is 1.33 bits per heavy atom. The topological polar surface area (TPSA) is 46.1 Å². The lowest BCUT2D eigenvalue weighted by atomic mass is 9.89. The molecule has 0 unspecified atom stereocenters. The van der Waals surface area contributed by atoms with E-state index in [-0.39, 0.29) is 29.8 Å². The predicted octanol–water partition coefficient (Wildman–Crippen LogP) is 2.90. The Morgan fingerprint density at radius 3 is 2.58 bits per heavy atom. The third-order valence-corrected chi connectivity index (χ3v) is 3.91. The van der Waals surface area contributed by atoms with Crippen LogP contribution in [0.2, 0.25) is 0 Å². The number of hydrogen-bond acceptors (Lipinski definition) is 3. The molecule has 1 aliphatic carbocycles. The summed E-state index contributed by atoms with van der Waals surface area (Å²) in [5, 5.41) is 3.44. The molecule has 1 fully saturated rings. The van der Waals surface area contributed by atoms with E-state index in [0.717, 1.165) is 25.4 Å². The minimum atomic E-state index is -0.259. The molecule has 0 aromatic heterocycles. The second-order valence-electron chi connectivity index (χ2n) is 5.66. The number of nitrogens with zero attached hydrogens (tertiary/aromatic N) is 2. The zero-order chi connectivity index (χ0) is 16.7. The summed E-state index contributed by atoms with van der Waals surface area (Å²) < 4.78 is 24.0. The third kappa shape index (κ3) is 6.43. The second-order valence-corrected chi connectivity index (χ2v) is 5.66. The first-order valence-corrected chi connectivity index (χ1v) is 8.06. The Kier molecular flexibility index (Phi) is 9.35. The largest absolute Gasteiger partial charge is 0.492 e. The van der Waals surface area contributed by atoms with Crippen molar-refractivity contribution in [2.75, 3.05) is 33.9 Å². The van der Waals surface area contributed by atoms with Gasteiger partial charge in [-0.3, -0.25) is 4.99 Å². The minimum Gasteiger partial charge on any atom is -0.492 e. The average Bonchev–Trinajstić information content (AvgIpc) is 2.51. The van der Waals surface area contributed by atoms with Gasteiger partial charge < -0.3 is 19.7 Å². The molecule has 1 N–H and O–H groups in total. The number of benzene rings is 1. The lowest BCUT2D eigenvalue weighted by molar-refractivity contribution is -0.00623. The molecule has 1 aromatic rings. The third-order valence-electron chi connectivity index (χ3n) is 3.91. The van der Waals surface area contributed by atoms with Gasteiger partial charge in [0.1, 0.15) is 18.2 Å². The number of likely N-dealkylation sites (N-methyl/N-ethyl adjacent to an activating group) is 1. The highest BCUT2D eigenvalue weighted by atomic mass is 127. The van der Waals surface area contributed by atoms with Crippen LogP contribution < -0.4 is 10.1 Å². The summed E-state index contributed by atoms with van der Waals surface area (Å²) >= 11 is 0. The van der Waals surface area contributed by atoms with Crippen LogP contribution in [0.15, 0.2) is 29.3 Å². The standard InChI is InChI=1S/C17H26FN3O2.HI/c1-4-22-16-11-14(12-16)20-17(19-2)21(3)9-10-23-15-7-5-13(18)6-8-15;/h5-8,14,16H,4,9-12H2,1-3H3,(H,19,20);1H. The molecule has 0 bridgehead atoms. The molecule has 1 aliphatic rings. The molecule has 1 saturated carbocycles. The van der Waals surface area contributed by atoms with Gasteiger partial charge >= 0.3 is 0 Å². The Bertz CT molecular complexity index is 507. The van der Waals surface area contributed by atoms with Crippen LogP contribution in [0.5, 0.6) is 5.75 Å². The first-order valence-electron chi connectivity index (χ1n) is 8.06. The molecule has 136 valence electrons. The fourth-order valence-electron chi connectivity index (χ4n) is 2.52. The Hall–Kier alpha value is -1.09. The molecule has 0 atom stereocenters. The summed E-state index contributed by atoms with van der Waals surface area (Å²) in [6.45, 7) is 4.00. The van der Waals surface area contributed by atoms with Gasteiger partial charge in [-0.2, -0.15) is 0 Å². The van der Waals surface area contributed by atoms with Crippen molar-refractivity contribution < 1.29 is 13.9 Å². The summed E-state index contributed by atoms with van der Waals surface area (Å²) in [4.78, 5) is 6.33. The summed E-state index contributed by atoms with van der Waals surface area (Å²) in [6.07, 6.45) is 2.42. The van der Waals surface area contributed by atoms with Crippen LogP contribution in [0.4, 0.5) is 4.39 Å². The van der Waals surface area contributed by atoms with Crippen molar-refractivity contribution in [2.45, 2.75) is 31.9 Å². The molecule has 7 heteroatoms. The van der Waals surface area contributed by atoms with Crippen molar-refractivity contribution in [3.05, 3.63) is 30.1 Å². The molecule has 0 spiro atoms. The number of rotatable bonds is 7. The van der Waals surface area contributed by atoms with Crippen LogP contribution in [0.3, 0.4) is 0 Å². The predicted molar refractivity (Wildman–Crippen MR) is 105 cm³/mol. The fraction of sp³-hybridized carbons (Fsp3) is 0.588. The number of halogens is 2. The van der Waals surface area contributed by atoms with Gasteiger partial charge in [0.15, 0.2) is 5.96 Å². The quantitative estimate of drug-likeness (QED) is 0.394. The smallest absolute Gasteiger partial charge is 0.193 e. The number of aliphatic imine (C=N–C) groups is 1. The summed E-state index contributed by atoms with van der Waals surface area (Å²) in [7, 11) is 3.75. The van der Waals surface area contributed by atoms with Gasteiger partial charge in [-0.05, 0) is 44.0 Å². The van der Waals surface area contributed by atoms with Crippen molar-refractivity contribution in [2.24, 2.45) is 4.99 Å². The van der Waals surface area contributed by atoms with E-state index in [1.807, 2.05) is 18.9 Å². The highest BCUT2D eigenvalue weighted by Gasteiger charge is 2.30. The highest BCUT2D eigenvalue weighted by Crippen LogP contribution is 2.23. The van der Waals surface area contributed by atoms with Crippen LogP contribution in [0.25, 0.3) is 0 Å². The van der Waals surface area contributed by atoms with E-state index >= 15 is 0 Å². The van der Waals surface area contributed by atoms with Crippen molar-refractivity contribution in [1.82, 2.24) is 10.2 Å². The van der Waals surface area contributed by atoms with Gasteiger partial charge in [0, 0.05) is 26.7 Å². The first-order chi connectivity index (χ1) is 11.1. The molecule has 5 nitrogen and oxygen atoms in total. The molecule has 2 rings (SSSR count). The molecule has 0 aliphatic heterocycles. The fourth-order valence-corrected chi connectivity index (χ4v) is 2.52. The van der Waals surface area contributed by atoms with E-state index in [4.69, 9.17) is 9.47 Å². The monoisotopic (exact) mass is 451 g/mol. The van der Waals surface area contributed by atoms with E-state index in [1.165, 1.54) is 12.1 Å². The first kappa shape index (κ1) is 21.0. The zero-order valence-electron chi connectivity index (χ0n) is 14.5. The molecular weight excluding hydrogens is 424 g/mol. The van der Waals surface area contributed by atoms with Crippen LogP contribution in [0, 0.1) is 5.82 Å². The van der Waals surface area contributed by atoms with E-state index in [1.54, 1.807) is 19.2 Å². The van der Waals surface area contributed by atoms with Gasteiger partial charge in [-0.25, -0.2) is 4.39 Å². The molecule has 0 radical (unpaired) electrons. The van der Waals surface area contributed by atoms with Gasteiger partial charge in [0.05, 0.1) is 12.6 Å². The molecule has 1 aromatic carbocycles. The SMILES string of the molecule is CCOC1CC(NC(=NC)N(C)CCOc2ccc(F)cc2)C1.I. The van der Waals surface area contributed by atoms with E-state index in [2.05, 4.69) is 10.3 Å². The van der Waals surface area contributed by atoms with Crippen molar-refractivity contribution in [1.29, 1.82) is 0 Å². The normalized spacial score (nSPS) is 19.9. The maximum Gasteiger partial charge on any atom is 0.193 e. The summed E-state index contributed by atoms with van der Waals surface area (Å²) in [5.41, 5.74) is 0. The average molecular weight is 451 g/mol. The Morgan fingerprint density at radius 2 is 2.00 bits per heavy atom. The molecule has 0 heterocycles. The highest BCUT2D eigenvalue weighted by molar-refractivity contribution is 14.0. The second kappa shape index (κ2) is 10.7. The summed E-state index contributed by atoms with van der Waals surface area (Å²) in [5.74, 6) is 1.26. The van der Waals surface area contributed by atoms with Gasteiger partial charge in [0.2, 0.25) is 0 Å². The van der Waals surface area contributed by atoms with Crippen LogP contribution in [0.1, 0.15) is 19.8 Å². The molecule has 24 heavy (non-hydrogen) atoms. The van der Waals surface area contributed by atoms with Crippen molar-refractivity contribution in [3.63, 3.8) is 0 Å². The van der Waals surface area contributed by atoms with Gasteiger partial charge in [-0.15, -0.1) is 24.0 Å². The van der Waals surface area contributed by atoms with Crippen molar-refractivity contribution >= 4 is 29.9 Å². The Balaban J connectivity index is 0.00000288. The molecular formula is C17H27FIN3O2. The van der Waals surface area contributed by atoms with Gasteiger partial charge in [0.25, 0.3) is 0 Å². The number of nitrogens with one attached hydrogen (secondary N) is 1. The maximum atomic E-state index is 12.8. The number of guanidine groups is 1. The van der Waals surface area contributed by atoms with E-state index in [9.17, 15) is 4.39 Å². The van der Waals surface area contributed by atoms with Crippen LogP contribution >= 0.6 is 24.0 Å².